The van der Waals surface area contributed by atoms with E-state index < -0.39 is 5.97 Å². The molecule has 17 heavy (non-hydrogen) atoms. The van der Waals surface area contributed by atoms with Crippen LogP contribution in [0.3, 0.4) is 0 Å². The summed E-state index contributed by atoms with van der Waals surface area (Å²) in [7, 11) is 0. The minimum atomic E-state index is -1.01. The third-order valence-corrected chi connectivity index (χ3v) is 2.45. The summed E-state index contributed by atoms with van der Waals surface area (Å²) >= 11 is 5.77. The smallest absolute Gasteiger partial charge is 0.335 e. The minimum Gasteiger partial charge on any atom is -0.478 e. The summed E-state index contributed by atoms with van der Waals surface area (Å²) < 4.78 is 0. The van der Waals surface area contributed by atoms with Gasteiger partial charge in [-0.25, -0.2) is 9.78 Å². The van der Waals surface area contributed by atoms with Gasteiger partial charge in [0, 0.05) is 6.04 Å². The minimum absolute atomic E-state index is 0.143. The lowest BCUT2D eigenvalue weighted by Crippen LogP contribution is -2.18. The van der Waals surface area contributed by atoms with Gasteiger partial charge in [0.15, 0.2) is 0 Å². The molecule has 1 unspecified atom stereocenters. The van der Waals surface area contributed by atoms with Crippen LogP contribution >= 0.6 is 11.6 Å². The first kappa shape index (κ1) is 13.8. The van der Waals surface area contributed by atoms with Crippen molar-refractivity contribution < 1.29 is 9.90 Å². The van der Waals surface area contributed by atoms with Crippen molar-refractivity contribution in [3.8, 4) is 0 Å². The van der Waals surface area contributed by atoms with E-state index in [1.165, 1.54) is 12.1 Å². The summed E-state index contributed by atoms with van der Waals surface area (Å²) in [6.45, 7) is 6.29. The molecule has 1 rings (SSSR count). The Morgan fingerprint density at radius 2 is 2.12 bits per heavy atom. The van der Waals surface area contributed by atoms with E-state index in [9.17, 15) is 4.79 Å². The number of pyridine rings is 1. The van der Waals surface area contributed by atoms with Gasteiger partial charge in [0.25, 0.3) is 0 Å². The highest BCUT2D eigenvalue weighted by Crippen LogP contribution is 2.17. The highest BCUT2D eigenvalue weighted by Gasteiger charge is 2.10. The Morgan fingerprint density at radius 1 is 1.47 bits per heavy atom. The van der Waals surface area contributed by atoms with Crippen molar-refractivity contribution in [2.75, 3.05) is 5.32 Å². The molecule has 1 aromatic heterocycles. The Labute approximate surface area is 106 Å². The molecule has 0 amide bonds. The molecule has 1 aromatic rings. The van der Waals surface area contributed by atoms with Crippen molar-refractivity contribution in [1.29, 1.82) is 0 Å². The Bertz CT molecular complexity index is 407. The van der Waals surface area contributed by atoms with E-state index in [1.54, 1.807) is 0 Å². The van der Waals surface area contributed by atoms with Crippen molar-refractivity contribution in [2.24, 2.45) is 5.92 Å². The van der Waals surface area contributed by atoms with Gasteiger partial charge in [0.1, 0.15) is 11.0 Å². The maximum Gasteiger partial charge on any atom is 0.335 e. The highest BCUT2D eigenvalue weighted by atomic mass is 35.5. The average molecular weight is 257 g/mol. The molecule has 0 aromatic carbocycles. The number of hydrogen-bond donors (Lipinski definition) is 2. The van der Waals surface area contributed by atoms with Gasteiger partial charge in [-0.3, -0.25) is 0 Å². The molecule has 2 N–H and O–H groups in total. The van der Waals surface area contributed by atoms with E-state index in [0.717, 1.165) is 6.42 Å². The molecule has 0 aliphatic carbocycles. The zero-order valence-electron chi connectivity index (χ0n) is 10.2. The van der Waals surface area contributed by atoms with Crippen molar-refractivity contribution in [2.45, 2.75) is 33.2 Å². The summed E-state index contributed by atoms with van der Waals surface area (Å²) in [6, 6.07) is 3.05. The molecule has 1 heterocycles. The number of hydrogen-bond acceptors (Lipinski definition) is 3. The number of nitrogens with one attached hydrogen (secondary N) is 1. The fourth-order valence-electron chi connectivity index (χ4n) is 1.71. The molecule has 0 aliphatic heterocycles. The van der Waals surface area contributed by atoms with E-state index in [-0.39, 0.29) is 16.8 Å². The molecule has 0 aliphatic rings. The summed E-state index contributed by atoms with van der Waals surface area (Å²) in [5, 5.41) is 12.2. The van der Waals surface area contributed by atoms with E-state index >= 15 is 0 Å². The summed E-state index contributed by atoms with van der Waals surface area (Å²) in [5.41, 5.74) is 0.143. The standard InChI is InChI=1S/C12H17ClN2O2/c1-7(2)4-8(3)14-11-6-9(12(16)17)5-10(13)15-11/h5-8H,4H2,1-3H3,(H,14,15)(H,16,17). The Hall–Kier alpha value is -1.29. The third-order valence-electron chi connectivity index (χ3n) is 2.26. The highest BCUT2D eigenvalue weighted by molar-refractivity contribution is 6.29. The predicted molar refractivity (Wildman–Crippen MR) is 68.7 cm³/mol. The summed E-state index contributed by atoms with van der Waals surface area (Å²) in [6.07, 6.45) is 0.983. The molecule has 4 nitrogen and oxygen atoms in total. The number of carboxylic acid groups (broad SMARTS) is 1. The number of aromatic nitrogens is 1. The van der Waals surface area contributed by atoms with Crippen LogP contribution in [-0.2, 0) is 0 Å². The zero-order chi connectivity index (χ0) is 13.0. The first-order valence-corrected chi connectivity index (χ1v) is 5.93. The summed E-state index contributed by atoms with van der Waals surface area (Å²) in [4.78, 5) is 14.9. The first-order valence-electron chi connectivity index (χ1n) is 5.56. The van der Waals surface area contributed by atoms with Crippen LogP contribution in [0.25, 0.3) is 0 Å². The average Bonchev–Trinajstić information content (AvgIpc) is 2.14. The molecular formula is C12H17ClN2O2. The van der Waals surface area contributed by atoms with Crippen LogP contribution in [0.1, 0.15) is 37.6 Å². The van der Waals surface area contributed by atoms with Crippen LogP contribution in [0.4, 0.5) is 5.82 Å². The van der Waals surface area contributed by atoms with Crippen LogP contribution in [0.15, 0.2) is 12.1 Å². The number of nitrogens with zero attached hydrogens (tertiary/aromatic N) is 1. The normalized spacial score (nSPS) is 12.5. The number of halogens is 1. The molecule has 0 spiro atoms. The van der Waals surface area contributed by atoms with Gasteiger partial charge in [-0.05, 0) is 31.4 Å². The molecule has 94 valence electrons. The maximum absolute atomic E-state index is 10.9. The lowest BCUT2D eigenvalue weighted by molar-refractivity contribution is 0.0697. The predicted octanol–water partition coefficient (Wildman–Crippen LogP) is 3.28. The second-order valence-electron chi connectivity index (χ2n) is 4.54. The monoisotopic (exact) mass is 256 g/mol. The quantitative estimate of drug-likeness (QED) is 0.794. The Balaban J connectivity index is 2.80. The number of rotatable bonds is 5. The number of carboxylic acids is 1. The Morgan fingerprint density at radius 3 is 2.65 bits per heavy atom. The third kappa shape index (κ3) is 4.61. The summed E-state index contributed by atoms with van der Waals surface area (Å²) in [5.74, 6) is 0.0625. The molecule has 0 radical (unpaired) electrons. The lowest BCUT2D eigenvalue weighted by Gasteiger charge is -2.16. The van der Waals surface area contributed by atoms with Crippen molar-refractivity contribution in [3.05, 3.63) is 22.8 Å². The maximum atomic E-state index is 10.9. The van der Waals surface area contributed by atoms with Gasteiger partial charge in [-0.1, -0.05) is 25.4 Å². The van der Waals surface area contributed by atoms with E-state index in [1.807, 2.05) is 6.92 Å². The lowest BCUT2D eigenvalue weighted by atomic mass is 10.1. The van der Waals surface area contributed by atoms with Gasteiger partial charge >= 0.3 is 5.97 Å². The van der Waals surface area contributed by atoms with Crippen LogP contribution < -0.4 is 5.32 Å². The fourth-order valence-corrected chi connectivity index (χ4v) is 1.92. The zero-order valence-corrected chi connectivity index (χ0v) is 11.0. The van der Waals surface area contributed by atoms with Crippen LogP contribution in [0.5, 0.6) is 0 Å². The second-order valence-corrected chi connectivity index (χ2v) is 4.93. The second kappa shape index (κ2) is 5.87. The van der Waals surface area contributed by atoms with Crippen LogP contribution in [-0.4, -0.2) is 22.1 Å². The number of anilines is 1. The van der Waals surface area contributed by atoms with E-state index in [4.69, 9.17) is 16.7 Å². The molecule has 1 atom stereocenters. The van der Waals surface area contributed by atoms with Gasteiger partial charge in [-0.2, -0.15) is 0 Å². The van der Waals surface area contributed by atoms with E-state index in [2.05, 4.69) is 24.1 Å². The van der Waals surface area contributed by atoms with Crippen LogP contribution in [0.2, 0.25) is 5.15 Å². The van der Waals surface area contributed by atoms with Gasteiger partial charge in [0.05, 0.1) is 5.56 Å². The van der Waals surface area contributed by atoms with Crippen LogP contribution in [0, 0.1) is 5.92 Å². The van der Waals surface area contributed by atoms with E-state index in [0.29, 0.717) is 11.7 Å². The topological polar surface area (TPSA) is 62.2 Å². The number of carbonyl (C=O) groups is 1. The molecular weight excluding hydrogens is 240 g/mol. The SMILES string of the molecule is CC(C)CC(C)Nc1cc(C(=O)O)cc(Cl)n1. The fraction of sp³-hybridized carbons (Fsp3) is 0.500. The molecule has 0 saturated heterocycles. The molecule has 0 saturated carbocycles. The van der Waals surface area contributed by atoms with Crippen molar-refractivity contribution >= 4 is 23.4 Å². The molecule has 0 bridgehead atoms. The first-order chi connectivity index (χ1) is 7.88. The Kier molecular flexibility index (Phi) is 4.75. The van der Waals surface area contributed by atoms with Gasteiger partial charge < -0.3 is 10.4 Å². The van der Waals surface area contributed by atoms with Gasteiger partial charge in [0.2, 0.25) is 0 Å². The van der Waals surface area contributed by atoms with Crippen molar-refractivity contribution in [3.63, 3.8) is 0 Å². The van der Waals surface area contributed by atoms with Gasteiger partial charge in [-0.15, -0.1) is 0 Å². The largest absolute Gasteiger partial charge is 0.478 e. The molecule has 5 heteroatoms. The molecule has 0 fully saturated rings. The number of aromatic carboxylic acids is 1. The van der Waals surface area contributed by atoms with Crippen molar-refractivity contribution in [1.82, 2.24) is 4.98 Å².